The Kier molecular flexibility index (Phi) is 4.04. The van der Waals surface area contributed by atoms with Crippen molar-refractivity contribution in [1.29, 1.82) is 0 Å². The Morgan fingerprint density at radius 1 is 1.38 bits per heavy atom. The van der Waals surface area contributed by atoms with Crippen molar-refractivity contribution in [2.24, 2.45) is 11.1 Å². The van der Waals surface area contributed by atoms with Crippen molar-refractivity contribution >= 4 is 31.5 Å². The maximum atomic E-state index is 13.2. The summed E-state index contributed by atoms with van der Waals surface area (Å²) < 4.78 is 58.6. The van der Waals surface area contributed by atoms with Gasteiger partial charge < -0.3 is 5.32 Å². The smallest absolute Gasteiger partial charge is 0.240 e. The van der Waals surface area contributed by atoms with Crippen LogP contribution in [0.4, 0.5) is 10.1 Å². The number of amides is 1. The summed E-state index contributed by atoms with van der Waals surface area (Å²) in [4.78, 5) is 11.5. The highest BCUT2D eigenvalue weighted by Crippen LogP contribution is 2.24. The van der Waals surface area contributed by atoms with Gasteiger partial charge in [-0.05, 0) is 24.6 Å². The van der Waals surface area contributed by atoms with Crippen LogP contribution in [0.25, 0.3) is 0 Å². The number of nitrogens with one attached hydrogen (secondary N) is 1. The highest BCUT2D eigenvalue weighted by molar-refractivity contribution is 7.91. The average Bonchev–Trinajstić information content (AvgIpc) is 2.68. The van der Waals surface area contributed by atoms with E-state index in [-0.39, 0.29) is 23.6 Å². The van der Waals surface area contributed by atoms with Gasteiger partial charge in [-0.15, -0.1) is 0 Å². The third kappa shape index (κ3) is 3.77. The lowest BCUT2D eigenvalue weighted by Gasteiger charge is -2.12. The fraction of sp³-hybridized carbons (Fsp3) is 0.364. The number of hydrogen-bond acceptors (Lipinski definition) is 5. The highest BCUT2D eigenvalue weighted by Gasteiger charge is 2.33. The van der Waals surface area contributed by atoms with E-state index in [2.05, 4.69) is 5.32 Å². The Morgan fingerprint density at radius 3 is 2.57 bits per heavy atom. The summed E-state index contributed by atoms with van der Waals surface area (Å²) in [6, 6.07) is 2.65. The van der Waals surface area contributed by atoms with Gasteiger partial charge in [0.1, 0.15) is 10.7 Å². The molecule has 0 aromatic heterocycles. The first kappa shape index (κ1) is 15.9. The van der Waals surface area contributed by atoms with Crippen molar-refractivity contribution < 1.29 is 26.0 Å². The molecule has 1 unspecified atom stereocenters. The molecular weight excluding hydrogens is 323 g/mol. The van der Waals surface area contributed by atoms with Crippen LogP contribution in [-0.2, 0) is 24.7 Å². The maximum Gasteiger partial charge on any atom is 0.240 e. The Hall–Kier alpha value is -1.52. The summed E-state index contributed by atoms with van der Waals surface area (Å²) >= 11 is 0. The number of nitrogens with two attached hydrogens (primary N) is 1. The zero-order valence-electron chi connectivity index (χ0n) is 10.7. The second kappa shape index (κ2) is 5.35. The highest BCUT2D eigenvalue weighted by atomic mass is 32.2. The largest absolute Gasteiger partial charge is 0.325 e. The molecule has 1 fully saturated rings. The van der Waals surface area contributed by atoms with Crippen LogP contribution in [-0.4, -0.2) is 34.2 Å². The number of carbonyl (C=O) groups is 1. The zero-order chi connectivity index (χ0) is 15.8. The molecule has 0 saturated carbocycles. The number of primary sulfonamides is 1. The molecule has 21 heavy (non-hydrogen) atoms. The minimum absolute atomic E-state index is 0.101. The molecular formula is C11H13FN2O5S2. The van der Waals surface area contributed by atoms with Gasteiger partial charge in [0.15, 0.2) is 9.84 Å². The van der Waals surface area contributed by atoms with Gasteiger partial charge in [-0.25, -0.2) is 26.4 Å². The van der Waals surface area contributed by atoms with Gasteiger partial charge in [-0.2, -0.15) is 0 Å². The van der Waals surface area contributed by atoms with E-state index in [0.717, 1.165) is 18.2 Å². The maximum absolute atomic E-state index is 13.2. The van der Waals surface area contributed by atoms with Crippen molar-refractivity contribution in [3.05, 3.63) is 24.0 Å². The zero-order valence-corrected chi connectivity index (χ0v) is 12.4. The number of benzene rings is 1. The monoisotopic (exact) mass is 336 g/mol. The third-order valence-corrected chi connectivity index (χ3v) is 5.85. The molecule has 1 saturated heterocycles. The number of sulfonamides is 1. The summed E-state index contributed by atoms with van der Waals surface area (Å²) in [5.41, 5.74) is -0.299. The summed E-state index contributed by atoms with van der Waals surface area (Å²) in [6.45, 7) is 0. The molecule has 1 amide bonds. The molecule has 0 bridgehead atoms. The molecule has 1 atom stereocenters. The first-order chi connectivity index (χ1) is 9.58. The lowest BCUT2D eigenvalue weighted by Crippen LogP contribution is -2.25. The Balaban J connectivity index is 2.28. The summed E-state index contributed by atoms with van der Waals surface area (Å²) in [7, 11) is -7.40. The van der Waals surface area contributed by atoms with E-state index in [1.54, 1.807) is 0 Å². The number of hydrogen-bond donors (Lipinski definition) is 2. The predicted molar refractivity (Wildman–Crippen MR) is 73.2 cm³/mol. The Morgan fingerprint density at radius 2 is 2.05 bits per heavy atom. The van der Waals surface area contributed by atoms with Gasteiger partial charge >= 0.3 is 0 Å². The minimum atomic E-state index is -4.14. The van der Waals surface area contributed by atoms with Crippen LogP contribution in [0.3, 0.4) is 0 Å². The number of anilines is 1. The third-order valence-electron chi connectivity index (χ3n) is 3.11. The lowest BCUT2D eigenvalue weighted by molar-refractivity contribution is -0.119. The van der Waals surface area contributed by atoms with Crippen LogP contribution in [0.1, 0.15) is 6.42 Å². The van der Waals surface area contributed by atoms with E-state index in [4.69, 9.17) is 5.14 Å². The molecule has 10 heteroatoms. The summed E-state index contributed by atoms with van der Waals surface area (Å²) in [5.74, 6) is -2.62. The number of sulfone groups is 1. The number of rotatable bonds is 3. The summed E-state index contributed by atoms with van der Waals surface area (Å²) in [6.07, 6.45) is 0.147. The van der Waals surface area contributed by atoms with Crippen molar-refractivity contribution in [3.8, 4) is 0 Å². The molecule has 2 rings (SSSR count). The molecule has 1 aromatic rings. The van der Waals surface area contributed by atoms with Gasteiger partial charge in [0.2, 0.25) is 15.9 Å². The van der Waals surface area contributed by atoms with Crippen molar-refractivity contribution in [3.63, 3.8) is 0 Å². The van der Waals surface area contributed by atoms with E-state index in [1.807, 2.05) is 0 Å². The van der Waals surface area contributed by atoms with Crippen molar-refractivity contribution in [2.45, 2.75) is 11.3 Å². The standard InChI is InChI=1S/C11H13FN2O5S2/c12-8-1-2-10(21(13,18)19)9(5-8)14-11(15)7-3-4-20(16,17)6-7/h1-2,5,7H,3-4,6H2,(H,14,15)(H2,13,18,19). The number of carbonyl (C=O) groups excluding carboxylic acids is 1. The van der Waals surface area contributed by atoms with E-state index >= 15 is 0 Å². The van der Waals surface area contributed by atoms with Crippen LogP contribution < -0.4 is 10.5 Å². The first-order valence-corrected chi connectivity index (χ1v) is 9.29. The molecule has 0 spiro atoms. The fourth-order valence-corrected chi connectivity index (χ4v) is 4.50. The molecule has 0 radical (unpaired) electrons. The Bertz CT molecular complexity index is 789. The molecule has 0 aliphatic carbocycles. The molecule has 3 N–H and O–H groups in total. The molecule has 1 aromatic carbocycles. The second-order valence-electron chi connectivity index (χ2n) is 4.77. The van der Waals surface area contributed by atoms with Gasteiger partial charge in [0.05, 0.1) is 23.1 Å². The van der Waals surface area contributed by atoms with Gasteiger partial charge in [-0.3, -0.25) is 4.79 Å². The van der Waals surface area contributed by atoms with Crippen molar-refractivity contribution in [2.75, 3.05) is 16.8 Å². The lowest BCUT2D eigenvalue weighted by atomic mass is 10.1. The van der Waals surface area contributed by atoms with Crippen LogP contribution in [0.2, 0.25) is 0 Å². The topological polar surface area (TPSA) is 123 Å². The van der Waals surface area contributed by atoms with Crippen LogP contribution in [0.5, 0.6) is 0 Å². The average molecular weight is 336 g/mol. The second-order valence-corrected chi connectivity index (χ2v) is 8.53. The fourth-order valence-electron chi connectivity index (χ4n) is 2.08. The number of halogens is 1. The van der Waals surface area contributed by atoms with Crippen LogP contribution >= 0.6 is 0 Å². The van der Waals surface area contributed by atoms with Crippen LogP contribution in [0.15, 0.2) is 23.1 Å². The molecule has 1 aliphatic heterocycles. The van der Waals surface area contributed by atoms with Gasteiger partial charge in [0, 0.05) is 0 Å². The Labute approximate surface area is 121 Å². The van der Waals surface area contributed by atoms with Gasteiger partial charge in [-0.1, -0.05) is 0 Å². The SMILES string of the molecule is NS(=O)(=O)c1ccc(F)cc1NC(=O)C1CCS(=O)(=O)C1. The normalized spacial score (nSPS) is 21.1. The molecule has 116 valence electrons. The predicted octanol–water partition coefficient (Wildman–Crippen LogP) is -0.154. The van der Waals surface area contributed by atoms with E-state index in [1.165, 1.54) is 0 Å². The molecule has 7 nitrogen and oxygen atoms in total. The summed E-state index contributed by atoms with van der Waals surface area (Å²) in [5, 5.41) is 7.22. The van der Waals surface area contributed by atoms with E-state index in [0.29, 0.717) is 0 Å². The van der Waals surface area contributed by atoms with E-state index in [9.17, 15) is 26.0 Å². The molecule has 1 aliphatic rings. The molecule has 1 heterocycles. The van der Waals surface area contributed by atoms with E-state index < -0.39 is 42.4 Å². The first-order valence-electron chi connectivity index (χ1n) is 5.92. The minimum Gasteiger partial charge on any atom is -0.325 e. The van der Waals surface area contributed by atoms with Crippen LogP contribution in [0, 0.1) is 11.7 Å². The van der Waals surface area contributed by atoms with Crippen molar-refractivity contribution in [1.82, 2.24) is 0 Å². The van der Waals surface area contributed by atoms with Gasteiger partial charge in [0.25, 0.3) is 0 Å². The quantitative estimate of drug-likeness (QED) is 0.794.